The van der Waals surface area contributed by atoms with Crippen molar-refractivity contribution in [2.45, 2.75) is 39.7 Å². The zero-order valence-electron chi connectivity index (χ0n) is 14.0. The second kappa shape index (κ2) is 6.49. The lowest BCUT2D eigenvalue weighted by atomic mass is 10.0. The van der Waals surface area contributed by atoms with E-state index < -0.39 is 0 Å². The Morgan fingerprint density at radius 3 is 2.65 bits per heavy atom. The van der Waals surface area contributed by atoms with Gasteiger partial charge in [-0.1, -0.05) is 12.1 Å². The normalized spacial score (nSPS) is 17.5. The van der Waals surface area contributed by atoms with Gasteiger partial charge in [0.25, 0.3) is 5.91 Å². The first-order chi connectivity index (χ1) is 11.1. The van der Waals surface area contributed by atoms with Gasteiger partial charge >= 0.3 is 0 Å². The fourth-order valence-electron chi connectivity index (χ4n) is 3.31. The van der Waals surface area contributed by atoms with Crippen molar-refractivity contribution in [2.24, 2.45) is 0 Å². The summed E-state index contributed by atoms with van der Waals surface area (Å²) in [6.07, 6.45) is 2.02. The van der Waals surface area contributed by atoms with Gasteiger partial charge in [0, 0.05) is 6.54 Å². The molecule has 1 aromatic heterocycles. The molecule has 4 heteroatoms. The zero-order valence-corrected chi connectivity index (χ0v) is 14.0. The molecule has 1 unspecified atom stereocenters. The zero-order chi connectivity index (χ0) is 16.4. The second-order valence-electron chi connectivity index (χ2n) is 5.99. The number of carbonyl (C=O) groups excluding carboxylic acids is 1. The highest BCUT2D eigenvalue weighted by molar-refractivity contribution is 5.95. The quantitative estimate of drug-likeness (QED) is 0.846. The van der Waals surface area contributed by atoms with Crippen molar-refractivity contribution in [1.29, 1.82) is 0 Å². The summed E-state index contributed by atoms with van der Waals surface area (Å²) in [7, 11) is 0. The Labute approximate surface area is 137 Å². The molecule has 3 rings (SSSR count). The van der Waals surface area contributed by atoms with Crippen LogP contribution in [0.1, 0.15) is 53.2 Å². The molecule has 1 aromatic carbocycles. The van der Waals surface area contributed by atoms with Crippen LogP contribution in [0, 0.1) is 13.8 Å². The summed E-state index contributed by atoms with van der Waals surface area (Å²) in [6.45, 7) is 7.15. The third kappa shape index (κ3) is 3.11. The van der Waals surface area contributed by atoms with Crippen molar-refractivity contribution < 1.29 is 13.9 Å². The van der Waals surface area contributed by atoms with Gasteiger partial charge in [0.05, 0.1) is 18.2 Å². The van der Waals surface area contributed by atoms with E-state index in [9.17, 15) is 4.79 Å². The van der Waals surface area contributed by atoms with Crippen molar-refractivity contribution in [3.05, 3.63) is 53.0 Å². The molecule has 0 spiro atoms. The predicted molar refractivity (Wildman–Crippen MR) is 88.8 cm³/mol. The number of aryl methyl sites for hydroxylation is 2. The van der Waals surface area contributed by atoms with Crippen molar-refractivity contribution in [3.63, 3.8) is 0 Å². The smallest absolute Gasteiger partial charge is 0.257 e. The summed E-state index contributed by atoms with van der Waals surface area (Å²) >= 11 is 0. The lowest BCUT2D eigenvalue weighted by Crippen LogP contribution is -2.30. The lowest BCUT2D eigenvalue weighted by Gasteiger charge is -2.25. The molecule has 4 nitrogen and oxygen atoms in total. The Hall–Kier alpha value is -2.23. The highest BCUT2D eigenvalue weighted by Crippen LogP contribution is 2.34. The molecule has 0 saturated carbocycles. The first kappa shape index (κ1) is 15.7. The van der Waals surface area contributed by atoms with E-state index in [1.54, 1.807) is 0 Å². The average Bonchev–Trinajstić information content (AvgIpc) is 3.14. The van der Waals surface area contributed by atoms with Crippen LogP contribution in [0.5, 0.6) is 5.75 Å². The van der Waals surface area contributed by atoms with E-state index in [4.69, 9.17) is 9.15 Å². The van der Waals surface area contributed by atoms with Crippen LogP contribution in [0.2, 0.25) is 0 Å². The van der Waals surface area contributed by atoms with E-state index in [1.165, 1.54) is 0 Å². The largest absolute Gasteiger partial charge is 0.494 e. The molecule has 0 bridgehead atoms. The van der Waals surface area contributed by atoms with Crippen LogP contribution in [-0.4, -0.2) is 24.0 Å². The Morgan fingerprint density at radius 2 is 2.04 bits per heavy atom. The Morgan fingerprint density at radius 1 is 1.30 bits per heavy atom. The van der Waals surface area contributed by atoms with Gasteiger partial charge in [-0.25, -0.2) is 0 Å². The molecule has 23 heavy (non-hydrogen) atoms. The van der Waals surface area contributed by atoms with Crippen molar-refractivity contribution >= 4 is 5.91 Å². The average molecular weight is 313 g/mol. The monoisotopic (exact) mass is 313 g/mol. The first-order valence-corrected chi connectivity index (χ1v) is 8.21. The molecule has 1 aliphatic rings. The summed E-state index contributed by atoms with van der Waals surface area (Å²) in [5.41, 5.74) is 1.84. The van der Waals surface area contributed by atoms with Gasteiger partial charge in [-0.2, -0.15) is 0 Å². The SMILES string of the molecule is CCOc1ccc(C2CCCN2C(=O)c2cc(C)oc2C)cc1. The van der Waals surface area contributed by atoms with E-state index >= 15 is 0 Å². The minimum atomic E-state index is 0.0655. The maximum absolute atomic E-state index is 12.9. The molecule has 2 heterocycles. The van der Waals surface area contributed by atoms with Crippen LogP contribution in [0.15, 0.2) is 34.7 Å². The topological polar surface area (TPSA) is 42.7 Å². The van der Waals surface area contributed by atoms with E-state index in [0.29, 0.717) is 17.9 Å². The van der Waals surface area contributed by atoms with Gasteiger partial charge in [-0.05, 0) is 57.4 Å². The predicted octanol–water partition coefficient (Wildman–Crippen LogP) is 4.27. The number of likely N-dealkylation sites (tertiary alicyclic amines) is 1. The number of carbonyl (C=O) groups is 1. The van der Waals surface area contributed by atoms with Crippen LogP contribution in [0.3, 0.4) is 0 Å². The van der Waals surface area contributed by atoms with Gasteiger partial charge in [0.1, 0.15) is 17.3 Å². The number of hydrogen-bond acceptors (Lipinski definition) is 3. The third-order valence-electron chi connectivity index (χ3n) is 4.36. The van der Waals surface area contributed by atoms with Crippen LogP contribution >= 0.6 is 0 Å². The molecule has 0 radical (unpaired) electrons. The molecule has 1 fully saturated rings. The lowest BCUT2D eigenvalue weighted by molar-refractivity contribution is 0.0734. The van der Waals surface area contributed by atoms with Crippen molar-refractivity contribution in [1.82, 2.24) is 4.90 Å². The van der Waals surface area contributed by atoms with Gasteiger partial charge < -0.3 is 14.1 Å². The van der Waals surface area contributed by atoms with E-state index in [2.05, 4.69) is 12.1 Å². The molecular formula is C19H23NO3. The van der Waals surface area contributed by atoms with Gasteiger partial charge in [-0.15, -0.1) is 0 Å². The second-order valence-corrected chi connectivity index (χ2v) is 5.99. The number of furan rings is 1. The van der Waals surface area contributed by atoms with Crippen LogP contribution in [-0.2, 0) is 0 Å². The molecule has 1 aliphatic heterocycles. The third-order valence-corrected chi connectivity index (χ3v) is 4.36. The van der Waals surface area contributed by atoms with E-state index in [-0.39, 0.29) is 11.9 Å². The highest BCUT2D eigenvalue weighted by Gasteiger charge is 2.32. The summed E-state index contributed by atoms with van der Waals surface area (Å²) in [5.74, 6) is 2.41. The number of amides is 1. The number of rotatable bonds is 4. The number of nitrogens with zero attached hydrogens (tertiary/aromatic N) is 1. The summed E-state index contributed by atoms with van der Waals surface area (Å²) in [6, 6.07) is 10.1. The molecule has 122 valence electrons. The number of benzene rings is 1. The Kier molecular flexibility index (Phi) is 4.42. The summed E-state index contributed by atoms with van der Waals surface area (Å²) < 4.78 is 11.0. The van der Waals surface area contributed by atoms with Gasteiger partial charge in [0.15, 0.2) is 0 Å². The molecule has 1 saturated heterocycles. The minimum Gasteiger partial charge on any atom is -0.494 e. The fourth-order valence-corrected chi connectivity index (χ4v) is 3.31. The van der Waals surface area contributed by atoms with E-state index in [0.717, 1.165) is 36.5 Å². The van der Waals surface area contributed by atoms with Gasteiger partial charge in [0.2, 0.25) is 0 Å². The maximum atomic E-state index is 12.9. The van der Waals surface area contributed by atoms with Gasteiger partial charge in [-0.3, -0.25) is 4.79 Å². The van der Waals surface area contributed by atoms with Crippen LogP contribution < -0.4 is 4.74 Å². The van der Waals surface area contributed by atoms with E-state index in [1.807, 2.05) is 43.9 Å². The van der Waals surface area contributed by atoms with Crippen molar-refractivity contribution in [2.75, 3.05) is 13.2 Å². The highest BCUT2D eigenvalue weighted by atomic mass is 16.5. The molecule has 0 N–H and O–H groups in total. The minimum absolute atomic E-state index is 0.0655. The first-order valence-electron chi connectivity index (χ1n) is 8.21. The Balaban J connectivity index is 1.82. The van der Waals surface area contributed by atoms with Crippen LogP contribution in [0.4, 0.5) is 0 Å². The number of hydrogen-bond donors (Lipinski definition) is 0. The standard InChI is InChI=1S/C19H23NO3/c1-4-22-16-9-7-15(8-10-16)18-6-5-11-20(18)19(21)17-12-13(2)23-14(17)3/h7-10,12,18H,4-6,11H2,1-3H3. The number of ether oxygens (including phenoxy) is 1. The summed E-state index contributed by atoms with van der Waals surface area (Å²) in [5, 5.41) is 0. The fraction of sp³-hybridized carbons (Fsp3) is 0.421. The Bertz CT molecular complexity index is 687. The molecular weight excluding hydrogens is 290 g/mol. The van der Waals surface area contributed by atoms with Crippen LogP contribution in [0.25, 0.3) is 0 Å². The maximum Gasteiger partial charge on any atom is 0.257 e. The molecule has 0 aliphatic carbocycles. The molecule has 1 atom stereocenters. The molecule has 1 amide bonds. The van der Waals surface area contributed by atoms with Crippen molar-refractivity contribution in [3.8, 4) is 5.75 Å². The summed E-state index contributed by atoms with van der Waals surface area (Å²) in [4.78, 5) is 14.8. The molecule has 2 aromatic rings.